The van der Waals surface area contributed by atoms with Gasteiger partial charge in [-0.1, -0.05) is 24.3 Å². The Morgan fingerprint density at radius 1 is 1.10 bits per heavy atom. The molecule has 21 heavy (non-hydrogen) atoms. The molecule has 0 heterocycles. The minimum Gasteiger partial charge on any atom is -0.504 e. The molecule has 0 aromatic heterocycles. The van der Waals surface area contributed by atoms with E-state index in [0.717, 1.165) is 16.9 Å². The summed E-state index contributed by atoms with van der Waals surface area (Å²) in [6, 6.07) is 13.6. The molecule has 0 unspecified atom stereocenters. The summed E-state index contributed by atoms with van der Waals surface area (Å²) in [6.45, 7) is 2.63. The number of nitrogens with one attached hydrogen (secondary N) is 1. The van der Waals surface area contributed by atoms with Crippen molar-refractivity contribution in [2.45, 2.75) is 19.5 Å². The minimum absolute atomic E-state index is 0.144. The van der Waals surface area contributed by atoms with Crippen LogP contribution in [0.4, 0.5) is 0 Å². The number of aromatic hydroxyl groups is 1. The summed E-state index contributed by atoms with van der Waals surface area (Å²) < 4.78 is 10.3. The highest BCUT2D eigenvalue weighted by molar-refractivity contribution is 5.45. The van der Waals surface area contributed by atoms with Crippen molar-refractivity contribution in [1.82, 2.24) is 5.32 Å². The predicted molar refractivity (Wildman–Crippen MR) is 82.9 cm³/mol. The Morgan fingerprint density at radius 3 is 2.57 bits per heavy atom. The molecule has 0 aliphatic heterocycles. The number of hydrogen-bond acceptors (Lipinski definition) is 4. The fourth-order valence-electron chi connectivity index (χ4n) is 2.17. The topological polar surface area (TPSA) is 50.7 Å². The quantitative estimate of drug-likeness (QED) is 0.856. The van der Waals surface area contributed by atoms with Crippen LogP contribution in [0.25, 0.3) is 0 Å². The molecule has 4 heteroatoms. The highest BCUT2D eigenvalue weighted by Crippen LogP contribution is 2.29. The third-order valence-electron chi connectivity index (χ3n) is 3.49. The lowest BCUT2D eigenvalue weighted by molar-refractivity contribution is 0.369. The molecule has 0 bridgehead atoms. The standard InChI is InChI=1S/C17H21NO3/c1-12(13-6-4-8-15(10-13)20-2)18-11-14-7-5-9-16(21-3)17(14)19/h4-10,12,18-19H,11H2,1-3H3/t12-/m1/s1. The van der Waals surface area contributed by atoms with Gasteiger partial charge in [0.05, 0.1) is 14.2 Å². The van der Waals surface area contributed by atoms with E-state index >= 15 is 0 Å². The molecule has 0 fully saturated rings. The van der Waals surface area contributed by atoms with Gasteiger partial charge in [-0.2, -0.15) is 0 Å². The van der Waals surface area contributed by atoms with E-state index in [1.54, 1.807) is 20.3 Å². The normalized spacial score (nSPS) is 12.0. The molecule has 0 aliphatic carbocycles. The Morgan fingerprint density at radius 2 is 1.86 bits per heavy atom. The molecule has 0 aliphatic rings. The molecule has 0 saturated heterocycles. The number of ether oxygens (including phenoxy) is 2. The Balaban J connectivity index is 2.05. The van der Waals surface area contributed by atoms with Gasteiger partial charge in [0, 0.05) is 18.2 Å². The van der Waals surface area contributed by atoms with E-state index in [9.17, 15) is 5.11 Å². The van der Waals surface area contributed by atoms with E-state index < -0.39 is 0 Å². The van der Waals surface area contributed by atoms with Gasteiger partial charge in [-0.3, -0.25) is 0 Å². The molecule has 2 aromatic rings. The van der Waals surface area contributed by atoms with Crippen molar-refractivity contribution in [3.05, 3.63) is 53.6 Å². The Bertz CT molecular complexity index is 598. The van der Waals surface area contributed by atoms with Gasteiger partial charge < -0.3 is 19.9 Å². The highest BCUT2D eigenvalue weighted by atomic mass is 16.5. The molecule has 112 valence electrons. The summed E-state index contributed by atoms with van der Waals surface area (Å²) in [5, 5.41) is 13.5. The first kappa shape index (κ1) is 15.2. The van der Waals surface area contributed by atoms with Crippen LogP contribution in [-0.4, -0.2) is 19.3 Å². The largest absolute Gasteiger partial charge is 0.504 e. The molecular formula is C17H21NO3. The molecule has 4 nitrogen and oxygen atoms in total. The maximum absolute atomic E-state index is 10.1. The second kappa shape index (κ2) is 6.99. The SMILES string of the molecule is COc1cccc([C@@H](C)NCc2cccc(OC)c2O)c1. The molecule has 0 saturated carbocycles. The van der Waals surface area contributed by atoms with Crippen molar-refractivity contribution in [1.29, 1.82) is 0 Å². The van der Waals surface area contributed by atoms with Gasteiger partial charge in [-0.25, -0.2) is 0 Å². The fraction of sp³-hybridized carbons (Fsp3) is 0.294. The molecule has 0 amide bonds. The van der Waals surface area contributed by atoms with Crippen LogP contribution >= 0.6 is 0 Å². The van der Waals surface area contributed by atoms with E-state index in [1.807, 2.05) is 36.4 Å². The lowest BCUT2D eigenvalue weighted by atomic mass is 10.1. The van der Waals surface area contributed by atoms with Crippen LogP contribution in [0.5, 0.6) is 17.2 Å². The van der Waals surface area contributed by atoms with Crippen LogP contribution in [0.2, 0.25) is 0 Å². The van der Waals surface area contributed by atoms with Crippen LogP contribution < -0.4 is 14.8 Å². The molecule has 2 N–H and O–H groups in total. The maximum atomic E-state index is 10.1. The van der Waals surface area contributed by atoms with Gasteiger partial charge in [-0.05, 0) is 30.7 Å². The predicted octanol–water partition coefficient (Wildman–Crippen LogP) is 3.26. The minimum atomic E-state index is 0.144. The van der Waals surface area contributed by atoms with E-state index in [4.69, 9.17) is 9.47 Å². The molecule has 2 rings (SSSR count). The van der Waals surface area contributed by atoms with Crippen molar-refractivity contribution < 1.29 is 14.6 Å². The molecular weight excluding hydrogens is 266 g/mol. The third-order valence-corrected chi connectivity index (χ3v) is 3.49. The van der Waals surface area contributed by atoms with Crippen LogP contribution in [0.3, 0.4) is 0 Å². The van der Waals surface area contributed by atoms with Crippen LogP contribution in [0.15, 0.2) is 42.5 Å². The van der Waals surface area contributed by atoms with Crippen LogP contribution in [0.1, 0.15) is 24.1 Å². The first-order valence-electron chi connectivity index (χ1n) is 6.88. The monoisotopic (exact) mass is 287 g/mol. The molecule has 1 atom stereocenters. The van der Waals surface area contributed by atoms with E-state index in [-0.39, 0.29) is 11.8 Å². The van der Waals surface area contributed by atoms with E-state index in [2.05, 4.69) is 12.2 Å². The van der Waals surface area contributed by atoms with Crippen LogP contribution in [0, 0.1) is 0 Å². The van der Waals surface area contributed by atoms with Gasteiger partial charge >= 0.3 is 0 Å². The second-order valence-corrected chi connectivity index (χ2v) is 4.85. The maximum Gasteiger partial charge on any atom is 0.162 e. The smallest absolute Gasteiger partial charge is 0.162 e. The first-order valence-corrected chi connectivity index (χ1v) is 6.88. The molecule has 2 aromatic carbocycles. The highest BCUT2D eigenvalue weighted by Gasteiger charge is 2.10. The number of hydrogen-bond donors (Lipinski definition) is 2. The Hall–Kier alpha value is -2.20. The summed E-state index contributed by atoms with van der Waals surface area (Å²) >= 11 is 0. The average molecular weight is 287 g/mol. The van der Waals surface area contributed by atoms with Crippen molar-refractivity contribution in [2.24, 2.45) is 0 Å². The summed E-state index contributed by atoms with van der Waals surface area (Å²) in [4.78, 5) is 0. The average Bonchev–Trinajstić information content (AvgIpc) is 2.53. The number of phenolic OH excluding ortho intramolecular Hbond substituents is 1. The third kappa shape index (κ3) is 3.67. The van der Waals surface area contributed by atoms with Crippen molar-refractivity contribution in [3.63, 3.8) is 0 Å². The van der Waals surface area contributed by atoms with Crippen LogP contribution in [-0.2, 0) is 6.54 Å². The summed E-state index contributed by atoms with van der Waals surface area (Å²) in [5.41, 5.74) is 1.95. The van der Waals surface area contributed by atoms with Crippen molar-refractivity contribution in [2.75, 3.05) is 14.2 Å². The number of rotatable bonds is 6. The van der Waals surface area contributed by atoms with Gasteiger partial charge in [0.15, 0.2) is 11.5 Å². The number of methoxy groups -OCH3 is 2. The van der Waals surface area contributed by atoms with Gasteiger partial charge in [-0.15, -0.1) is 0 Å². The zero-order chi connectivity index (χ0) is 15.2. The number of para-hydroxylation sites is 1. The van der Waals surface area contributed by atoms with Crippen molar-refractivity contribution in [3.8, 4) is 17.2 Å². The summed E-state index contributed by atoms with van der Waals surface area (Å²) in [6.07, 6.45) is 0. The zero-order valence-corrected chi connectivity index (χ0v) is 12.6. The van der Waals surface area contributed by atoms with Gasteiger partial charge in [0.25, 0.3) is 0 Å². The Kier molecular flexibility index (Phi) is 5.06. The fourth-order valence-corrected chi connectivity index (χ4v) is 2.17. The van der Waals surface area contributed by atoms with Gasteiger partial charge in [0.2, 0.25) is 0 Å². The molecule has 0 radical (unpaired) electrons. The summed E-state index contributed by atoms with van der Waals surface area (Å²) in [7, 11) is 3.20. The lowest BCUT2D eigenvalue weighted by Crippen LogP contribution is -2.18. The lowest BCUT2D eigenvalue weighted by Gasteiger charge is -2.16. The number of phenols is 1. The molecule has 0 spiro atoms. The van der Waals surface area contributed by atoms with E-state index in [1.165, 1.54) is 0 Å². The first-order chi connectivity index (χ1) is 10.2. The summed E-state index contributed by atoms with van der Waals surface area (Å²) in [5.74, 6) is 1.51. The van der Waals surface area contributed by atoms with Gasteiger partial charge in [0.1, 0.15) is 5.75 Å². The Labute approximate surface area is 125 Å². The number of benzene rings is 2. The van der Waals surface area contributed by atoms with E-state index in [0.29, 0.717) is 12.3 Å². The van der Waals surface area contributed by atoms with Crippen molar-refractivity contribution >= 4 is 0 Å². The second-order valence-electron chi connectivity index (χ2n) is 4.85. The zero-order valence-electron chi connectivity index (χ0n) is 12.6.